The number of imidazole rings is 1. The van der Waals surface area contributed by atoms with Crippen molar-refractivity contribution in [2.24, 2.45) is 17.8 Å². The minimum Gasteiger partial charge on any atom is -0.331 e. The van der Waals surface area contributed by atoms with Gasteiger partial charge in [-0.2, -0.15) is 5.26 Å². The zero-order valence-electron chi connectivity index (χ0n) is 12.2. The van der Waals surface area contributed by atoms with Crippen molar-refractivity contribution in [2.45, 2.75) is 38.6 Å². The molecule has 1 aromatic heterocycles. The minimum absolute atomic E-state index is 0.412. The maximum Gasteiger partial charge on any atom is 0.178 e. The van der Waals surface area contributed by atoms with Crippen LogP contribution in [0.2, 0.25) is 0 Å². The maximum absolute atomic E-state index is 9.14. The molecule has 4 heteroatoms. The predicted molar refractivity (Wildman–Crippen MR) is 85.5 cm³/mol. The molecule has 1 aromatic carbocycles. The predicted octanol–water partition coefficient (Wildman–Crippen LogP) is 4.57. The Morgan fingerprint density at radius 2 is 2.24 bits per heavy atom. The van der Waals surface area contributed by atoms with Gasteiger partial charge in [0.05, 0.1) is 22.7 Å². The Kier molecular flexibility index (Phi) is 2.93. The lowest BCUT2D eigenvalue weighted by molar-refractivity contribution is 0.245. The van der Waals surface area contributed by atoms with Crippen molar-refractivity contribution in [1.29, 1.82) is 5.26 Å². The molecule has 0 amide bonds. The molecule has 0 aliphatic heterocycles. The van der Waals surface area contributed by atoms with Gasteiger partial charge in [-0.25, -0.2) is 0 Å². The van der Waals surface area contributed by atoms with E-state index in [1.807, 2.05) is 18.2 Å². The van der Waals surface area contributed by atoms with E-state index in [-0.39, 0.29) is 0 Å². The molecule has 4 unspecified atom stereocenters. The number of fused-ring (bicyclic) bond motifs is 3. The molecule has 2 fully saturated rings. The lowest BCUT2D eigenvalue weighted by Crippen LogP contribution is -2.22. The quantitative estimate of drug-likeness (QED) is 0.825. The Morgan fingerprint density at radius 1 is 1.38 bits per heavy atom. The summed E-state index contributed by atoms with van der Waals surface area (Å²) in [5.74, 6) is 2.55. The lowest BCUT2D eigenvalue weighted by Gasteiger charge is -2.29. The first kappa shape index (κ1) is 13.1. The average molecular weight is 297 g/mol. The van der Waals surface area contributed by atoms with E-state index in [9.17, 15) is 0 Å². The number of hydrogen-bond acceptors (Lipinski definition) is 2. The van der Waals surface area contributed by atoms with Crippen molar-refractivity contribution in [1.82, 2.24) is 9.55 Å². The van der Waals surface area contributed by atoms with E-state index in [1.165, 1.54) is 25.7 Å². The first-order valence-electron chi connectivity index (χ1n) is 7.81. The smallest absolute Gasteiger partial charge is 0.178 e. The third kappa shape index (κ3) is 1.95. The molecule has 0 saturated heterocycles. The Bertz CT molecular complexity index is 794. The Hall–Kier alpha value is -1.60. The molecule has 4 atom stereocenters. The summed E-state index contributed by atoms with van der Waals surface area (Å²) >= 11 is 5.55. The highest BCUT2D eigenvalue weighted by Gasteiger charge is 2.42. The number of benzene rings is 1. The van der Waals surface area contributed by atoms with Crippen LogP contribution in [0.5, 0.6) is 0 Å². The van der Waals surface area contributed by atoms with Crippen molar-refractivity contribution >= 4 is 23.3 Å². The number of H-pyrrole nitrogens is 1. The summed E-state index contributed by atoms with van der Waals surface area (Å²) in [5.41, 5.74) is 2.81. The molecule has 2 aliphatic rings. The van der Waals surface area contributed by atoms with Crippen molar-refractivity contribution in [3.63, 3.8) is 0 Å². The molecule has 1 heterocycles. The molecule has 21 heavy (non-hydrogen) atoms. The number of nitriles is 1. The standard InChI is InChI=1S/C17H19N3S/c1-10(14-7-11-2-4-13(14)6-11)20-16-8-12(9-18)3-5-15(16)19-17(20)21/h3,5,8,10-11,13-14H,2,4,6-7H2,1H3,(H,19,21). The largest absolute Gasteiger partial charge is 0.331 e. The highest BCUT2D eigenvalue weighted by Crippen LogP contribution is 2.52. The second-order valence-electron chi connectivity index (χ2n) is 6.72. The first-order chi connectivity index (χ1) is 10.2. The first-order valence-corrected chi connectivity index (χ1v) is 8.22. The Morgan fingerprint density at radius 3 is 2.90 bits per heavy atom. The van der Waals surface area contributed by atoms with Gasteiger partial charge in [0.15, 0.2) is 4.77 Å². The van der Waals surface area contributed by atoms with Crippen molar-refractivity contribution in [2.75, 3.05) is 0 Å². The summed E-state index contributed by atoms with van der Waals surface area (Å²) in [6, 6.07) is 8.42. The number of rotatable bonds is 2. The molecule has 4 rings (SSSR count). The SMILES string of the molecule is CC(C1CC2CCC1C2)n1c(=S)[nH]c2ccc(C#N)cc21. The van der Waals surface area contributed by atoms with E-state index in [4.69, 9.17) is 17.5 Å². The van der Waals surface area contributed by atoms with E-state index in [2.05, 4.69) is 22.5 Å². The van der Waals surface area contributed by atoms with Crippen LogP contribution < -0.4 is 0 Å². The normalized spacial score (nSPS) is 28.9. The van der Waals surface area contributed by atoms with E-state index < -0.39 is 0 Å². The van der Waals surface area contributed by atoms with Crippen LogP contribution in [-0.4, -0.2) is 9.55 Å². The second kappa shape index (κ2) is 4.71. The van der Waals surface area contributed by atoms with Gasteiger partial charge in [-0.05, 0) is 74.4 Å². The zero-order valence-corrected chi connectivity index (χ0v) is 13.0. The number of hydrogen-bond donors (Lipinski definition) is 1. The van der Waals surface area contributed by atoms with E-state index >= 15 is 0 Å². The lowest BCUT2D eigenvalue weighted by atomic mass is 9.84. The van der Waals surface area contributed by atoms with Crippen LogP contribution in [0.4, 0.5) is 0 Å². The summed E-state index contributed by atoms with van der Waals surface area (Å²) in [6.07, 6.45) is 5.57. The fraction of sp³-hybridized carbons (Fsp3) is 0.529. The molecule has 108 valence electrons. The molecule has 1 N–H and O–H groups in total. The number of aromatic nitrogens is 2. The van der Waals surface area contributed by atoms with Crippen molar-refractivity contribution < 1.29 is 0 Å². The van der Waals surface area contributed by atoms with Gasteiger partial charge in [0.1, 0.15) is 0 Å². The molecule has 2 bridgehead atoms. The molecule has 3 nitrogen and oxygen atoms in total. The summed E-state index contributed by atoms with van der Waals surface area (Å²) < 4.78 is 3.03. The van der Waals surface area contributed by atoms with Crippen LogP contribution >= 0.6 is 12.2 Å². The van der Waals surface area contributed by atoms with Gasteiger partial charge in [0.25, 0.3) is 0 Å². The van der Waals surface area contributed by atoms with Gasteiger partial charge in [-0.3, -0.25) is 0 Å². The minimum atomic E-state index is 0.412. The highest BCUT2D eigenvalue weighted by atomic mass is 32.1. The Labute approximate surface area is 129 Å². The molecule has 2 saturated carbocycles. The van der Waals surface area contributed by atoms with Gasteiger partial charge >= 0.3 is 0 Å². The van der Waals surface area contributed by atoms with Gasteiger partial charge in [0, 0.05) is 6.04 Å². The third-order valence-corrected chi connectivity index (χ3v) is 5.97. The topological polar surface area (TPSA) is 44.5 Å². The van der Waals surface area contributed by atoms with Crippen molar-refractivity contribution in [3.8, 4) is 6.07 Å². The molecule has 0 radical (unpaired) electrons. The average Bonchev–Trinajstić information content (AvgIpc) is 3.18. The number of nitrogens with one attached hydrogen (secondary N) is 1. The molecule has 0 spiro atoms. The molecule has 2 aromatic rings. The van der Waals surface area contributed by atoms with Crippen LogP contribution in [0, 0.1) is 33.9 Å². The van der Waals surface area contributed by atoms with Crippen LogP contribution in [0.15, 0.2) is 18.2 Å². The summed E-state index contributed by atoms with van der Waals surface area (Å²) in [6.45, 7) is 2.30. The Balaban J connectivity index is 1.80. The molecular weight excluding hydrogens is 278 g/mol. The fourth-order valence-electron chi connectivity index (χ4n) is 4.67. The monoisotopic (exact) mass is 297 g/mol. The summed E-state index contributed by atoms with van der Waals surface area (Å²) in [7, 11) is 0. The van der Waals surface area contributed by atoms with Gasteiger partial charge in [-0.15, -0.1) is 0 Å². The van der Waals surface area contributed by atoms with Gasteiger partial charge in [0.2, 0.25) is 0 Å². The van der Waals surface area contributed by atoms with E-state index in [1.54, 1.807) is 0 Å². The molecular formula is C17H19N3S. The van der Waals surface area contributed by atoms with Gasteiger partial charge < -0.3 is 9.55 Å². The van der Waals surface area contributed by atoms with Crippen LogP contribution in [0.1, 0.15) is 44.2 Å². The second-order valence-corrected chi connectivity index (χ2v) is 7.11. The summed E-state index contributed by atoms with van der Waals surface area (Å²) in [5, 5.41) is 9.14. The zero-order chi connectivity index (χ0) is 14.6. The third-order valence-electron chi connectivity index (χ3n) is 5.67. The highest BCUT2D eigenvalue weighted by molar-refractivity contribution is 7.71. The van der Waals surface area contributed by atoms with Crippen LogP contribution in [0.3, 0.4) is 0 Å². The maximum atomic E-state index is 9.14. The van der Waals surface area contributed by atoms with E-state index in [0.29, 0.717) is 11.6 Å². The van der Waals surface area contributed by atoms with Gasteiger partial charge in [-0.1, -0.05) is 6.42 Å². The fourth-order valence-corrected chi connectivity index (χ4v) is 5.05. The van der Waals surface area contributed by atoms with E-state index in [0.717, 1.165) is 33.6 Å². The van der Waals surface area contributed by atoms with Crippen LogP contribution in [-0.2, 0) is 0 Å². The van der Waals surface area contributed by atoms with Crippen LogP contribution in [0.25, 0.3) is 11.0 Å². The summed E-state index contributed by atoms with van der Waals surface area (Å²) in [4.78, 5) is 3.30. The van der Waals surface area contributed by atoms with Crippen molar-refractivity contribution in [3.05, 3.63) is 28.5 Å². The number of aromatic amines is 1. The molecule has 2 aliphatic carbocycles. The number of nitrogens with zero attached hydrogens (tertiary/aromatic N) is 2.